The Balaban J connectivity index is 3.85. The topological polar surface area (TPSA) is 139 Å². The van der Waals surface area contributed by atoms with E-state index in [-0.39, 0.29) is 6.61 Å². The van der Waals surface area contributed by atoms with Crippen LogP contribution in [0.3, 0.4) is 0 Å². The number of phosphoric acid groups is 2. The molecule has 5 N–H and O–H groups in total. The summed E-state index contributed by atoms with van der Waals surface area (Å²) in [6.07, 6.45) is 0.988. The standard InChI is InChI=1S/C4H13NO7P2/c5-3-1-2-4-11-14(9,10)12-13(6,7)8/h1-5H2,(H,9,10)(H2,6,7,8). The second kappa shape index (κ2) is 5.95. The number of nitrogens with two attached hydrogens (primary N) is 1. The summed E-state index contributed by atoms with van der Waals surface area (Å²) >= 11 is 0. The number of phosphoric ester groups is 1. The summed E-state index contributed by atoms with van der Waals surface area (Å²) < 4.78 is 28.7. The van der Waals surface area contributed by atoms with Crippen molar-refractivity contribution in [1.29, 1.82) is 0 Å². The van der Waals surface area contributed by atoms with Gasteiger partial charge in [0.15, 0.2) is 0 Å². The Morgan fingerprint density at radius 2 is 1.71 bits per heavy atom. The number of unbranched alkanes of at least 4 members (excludes halogenated alkanes) is 1. The molecule has 10 heteroatoms. The van der Waals surface area contributed by atoms with E-state index in [2.05, 4.69) is 8.83 Å². The summed E-state index contributed by atoms with van der Waals surface area (Å²) in [6, 6.07) is 0. The molecule has 1 atom stereocenters. The van der Waals surface area contributed by atoms with Crippen molar-refractivity contribution in [2.24, 2.45) is 5.73 Å². The van der Waals surface area contributed by atoms with Gasteiger partial charge >= 0.3 is 15.6 Å². The summed E-state index contributed by atoms with van der Waals surface area (Å²) in [6.45, 7) is 0.253. The Labute approximate surface area is 80.9 Å². The first-order valence-electron chi connectivity index (χ1n) is 3.71. The Hall–Kier alpha value is 0.220. The highest BCUT2D eigenvalue weighted by Gasteiger charge is 2.31. The lowest BCUT2D eigenvalue weighted by atomic mass is 10.3. The largest absolute Gasteiger partial charge is 0.481 e. The molecule has 86 valence electrons. The van der Waals surface area contributed by atoms with Crippen LogP contribution in [0, 0.1) is 0 Å². The molecule has 0 aliphatic rings. The van der Waals surface area contributed by atoms with Gasteiger partial charge in [-0.3, -0.25) is 4.52 Å². The van der Waals surface area contributed by atoms with Gasteiger partial charge in [-0.2, -0.15) is 4.31 Å². The molecule has 0 aromatic rings. The van der Waals surface area contributed by atoms with Gasteiger partial charge in [0.05, 0.1) is 6.61 Å². The van der Waals surface area contributed by atoms with Crippen molar-refractivity contribution in [2.75, 3.05) is 13.2 Å². The molecule has 0 bridgehead atoms. The van der Waals surface area contributed by atoms with Gasteiger partial charge in [0.1, 0.15) is 0 Å². The number of hydrogen-bond acceptors (Lipinski definition) is 5. The van der Waals surface area contributed by atoms with Crippen LogP contribution in [-0.4, -0.2) is 27.8 Å². The van der Waals surface area contributed by atoms with Gasteiger partial charge in [-0.15, -0.1) is 0 Å². The molecule has 8 nitrogen and oxygen atoms in total. The van der Waals surface area contributed by atoms with Crippen LogP contribution in [0.25, 0.3) is 0 Å². The van der Waals surface area contributed by atoms with Gasteiger partial charge < -0.3 is 20.4 Å². The van der Waals surface area contributed by atoms with E-state index in [1.54, 1.807) is 0 Å². The highest BCUT2D eigenvalue weighted by atomic mass is 31.3. The van der Waals surface area contributed by atoms with Crippen LogP contribution >= 0.6 is 15.6 Å². The molecule has 0 rings (SSSR count). The predicted octanol–water partition coefficient (Wildman–Crippen LogP) is -0.0484. The van der Waals surface area contributed by atoms with Crippen molar-refractivity contribution >= 4 is 15.6 Å². The van der Waals surface area contributed by atoms with Crippen LogP contribution in [0.4, 0.5) is 0 Å². The minimum absolute atomic E-state index is 0.148. The summed E-state index contributed by atoms with van der Waals surface area (Å²) in [5, 5.41) is 0. The maximum absolute atomic E-state index is 10.8. The monoisotopic (exact) mass is 249 g/mol. The van der Waals surface area contributed by atoms with E-state index in [9.17, 15) is 9.13 Å². The first-order valence-corrected chi connectivity index (χ1v) is 6.74. The van der Waals surface area contributed by atoms with Crippen molar-refractivity contribution in [2.45, 2.75) is 12.8 Å². The summed E-state index contributed by atoms with van der Waals surface area (Å²) in [5.74, 6) is 0. The second-order valence-corrected chi connectivity index (χ2v) is 5.20. The van der Waals surface area contributed by atoms with Crippen LogP contribution in [0.15, 0.2) is 0 Å². The van der Waals surface area contributed by atoms with Crippen molar-refractivity contribution < 1.29 is 32.6 Å². The predicted molar refractivity (Wildman–Crippen MR) is 47.2 cm³/mol. The molecule has 0 fully saturated rings. The van der Waals surface area contributed by atoms with Gasteiger partial charge in [-0.25, -0.2) is 9.13 Å². The van der Waals surface area contributed by atoms with Crippen molar-refractivity contribution in [3.8, 4) is 0 Å². The van der Waals surface area contributed by atoms with E-state index in [1.165, 1.54) is 0 Å². The highest BCUT2D eigenvalue weighted by molar-refractivity contribution is 7.60. The summed E-state index contributed by atoms with van der Waals surface area (Å²) in [4.78, 5) is 25.2. The molecule has 14 heavy (non-hydrogen) atoms. The Kier molecular flexibility index (Phi) is 6.04. The van der Waals surface area contributed by atoms with E-state index in [4.69, 9.17) is 20.4 Å². The lowest BCUT2D eigenvalue weighted by Crippen LogP contribution is -2.01. The Bertz CT molecular complexity index is 250. The zero-order valence-corrected chi connectivity index (χ0v) is 9.06. The van der Waals surface area contributed by atoms with Crippen molar-refractivity contribution in [3.05, 3.63) is 0 Å². The molecular formula is C4H13NO7P2. The molecule has 0 saturated heterocycles. The van der Waals surface area contributed by atoms with Crippen LogP contribution < -0.4 is 5.73 Å². The molecule has 0 radical (unpaired) electrons. The third kappa shape index (κ3) is 8.80. The molecule has 1 unspecified atom stereocenters. The van der Waals surface area contributed by atoms with E-state index in [0.29, 0.717) is 19.4 Å². The lowest BCUT2D eigenvalue weighted by Gasteiger charge is -2.11. The minimum atomic E-state index is -5.01. The molecule has 0 saturated carbocycles. The summed E-state index contributed by atoms with van der Waals surface area (Å²) in [7, 11) is -9.66. The average molecular weight is 249 g/mol. The summed E-state index contributed by atoms with van der Waals surface area (Å²) in [5.41, 5.74) is 5.14. The first-order chi connectivity index (χ1) is 6.27. The van der Waals surface area contributed by atoms with Crippen molar-refractivity contribution in [1.82, 2.24) is 0 Å². The molecule has 0 aromatic carbocycles. The molecule has 0 heterocycles. The fourth-order valence-electron chi connectivity index (χ4n) is 0.584. The normalized spacial score (nSPS) is 16.6. The molecule has 0 aliphatic heterocycles. The average Bonchev–Trinajstić information content (AvgIpc) is 1.93. The smallest absolute Gasteiger partial charge is 0.330 e. The van der Waals surface area contributed by atoms with E-state index in [0.717, 1.165) is 0 Å². The zero-order chi connectivity index (χ0) is 11.2. The minimum Gasteiger partial charge on any atom is -0.330 e. The lowest BCUT2D eigenvalue weighted by molar-refractivity contribution is 0.176. The Morgan fingerprint density at radius 3 is 2.14 bits per heavy atom. The van der Waals surface area contributed by atoms with Crippen LogP contribution in [0.2, 0.25) is 0 Å². The Morgan fingerprint density at radius 1 is 1.14 bits per heavy atom. The third-order valence-corrected chi connectivity index (χ3v) is 3.25. The van der Waals surface area contributed by atoms with Gasteiger partial charge in [0, 0.05) is 0 Å². The quantitative estimate of drug-likeness (QED) is 0.363. The van der Waals surface area contributed by atoms with Crippen LogP contribution in [-0.2, 0) is 18.0 Å². The molecule has 0 amide bonds. The van der Waals surface area contributed by atoms with E-state index >= 15 is 0 Å². The fraction of sp³-hybridized carbons (Fsp3) is 1.00. The highest BCUT2D eigenvalue weighted by Crippen LogP contribution is 2.57. The maximum atomic E-state index is 10.8. The van der Waals surface area contributed by atoms with E-state index < -0.39 is 15.6 Å². The zero-order valence-electron chi connectivity index (χ0n) is 7.27. The van der Waals surface area contributed by atoms with Crippen LogP contribution in [0.1, 0.15) is 12.8 Å². The first kappa shape index (κ1) is 14.2. The number of hydrogen-bond donors (Lipinski definition) is 4. The van der Waals surface area contributed by atoms with Gasteiger partial charge in [-0.1, -0.05) is 0 Å². The molecule has 0 aromatic heterocycles. The second-order valence-electron chi connectivity index (χ2n) is 2.37. The fourth-order valence-corrected chi connectivity index (χ4v) is 2.21. The maximum Gasteiger partial charge on any atom is 0.481 e. The third-order valence-electron chi connectivity index (χ3n) is 1.06. The number of rotatable bonds is 7. The molecule has 0 aliphatic carbocycles. The van der Waals surface area contributed by atoms with E-state index in [1.807, 2.05) is 0 Å². The molecular weight excluding hydrogens is 236 g/mol. The van der Waals surface area contributed by atoms with Gasteiger partial charge in [0.25, 0.3) is 0 Å². The van der Waals surface area contributed by atoms with Crippen molar-refractivity contribution in [3.63, 3.8) is 0 Å². The van der Waals surface area contributed by atoms with Crippen LogP contribution in [0.5, 0.6) is 0 Å². The van der Waals surface area contributed by atoms with Gasteiger partial charge in [0.2, 0.25) is 0 Å². The van der Waals surface area contributed by atoms with Gasteiger partial charge in [-0.05, 0) is 19.4 Å². The SMILES string of the molecule is NCCCCOP(=O)(O)OP(=O)(O)O. The molecule has 0 spiro atoms.